The second-order valence-corrected chi connectivity index (χ2v) is 5.54. The highest BCUT2D eigenvalue weighted by Gasteiger charge is 2.36. The Morgan fingerprint density at radius 3 is 2.24 bits per heavy atom. The first-order chi connectivity index (χ1) is 7.82. The summed E-state index contributed by atoms with van der Waals surface area (Å²) in [5, 5.41) is 9.28. The van der Waals surface area contributed by atoms with E-state index in [1.54, 1.807) is 0 Å². The van der Waals surface area contributed by atoms with Crippen LogP contribution in [0, 0.1) is 11.3 Å². The Kier molecular flexibility index (Phi) is 4.29. The van der Waals surface area contributed by atoms with Crippen molar-refractivity contribution in [1.82, 2.24) is 0 Å². The van der Waals surface area contributed by atoms with Gasteiger partial charge in [0, 0.05) is 6.04 Å². The molecule has 94 valence electrons. The number of benzene rings is 1. The van der Waals surface area contributed by atoms with Crippen LogP contribution in [0.1, 0.15) is 26.3 Å². The molecule has 0 heterocycles. The Balaban J connectivity index is 2.80. The molecule has 3 heteroatoms. The molecule has 1 aromatic carbocycles. The summed E-state index contributed by atoms with van der Waals surface area (Å²) in [6.45, 7) is 5.74. The first-order valence-corrected chi connectivity index (χ1v) is 5.84. The quantitative estimate of drug-likeness (QED) is 0.841. The zero-order valence-electron chi connectivity index (χ0n) is 10.7. The molecule has 1 rings (SSSR count). The molecular formula is C14H21NO2. The predicted molar refractivity (Wildman–Crippen MR) is 68.7 cm³/mol. The monoisotopic (exact) mass is 235 g/mol. The Morgan fingerprint density at radius 1 is 1.29 bits per heavy atom. The topological polar surface area (TPSA) is 63.3 Å². The number of carboxylic acid groups (broad SMARTS) is 1. The van der Waals surface area contributed by atoms with Crippen molar-refractivity contribution in [1.29, 1.82) is 0 Å². The van der Waals surface area contributed by atoms with Crippen LogP contribution >= 0.6 is 0 Å². The molecule has 0 amide bonds. The van der Waals surface area contributed by atoms with E-state index >= 15 is 0 Å². The minimum atomic E-state index is -0.819. The Bertz CT molecular complexity index is 368. The van der Waals surface area contributed by atoms with Gasteiger partial charge < -0.3 is 10.8 Å². The lowest BCUT2D eigenvalue weighted by Gasteiger charge is -2.31. The number of nitrogens with two attached hydrogens (primary N) is 1. The fourth-order valence-electron chi connectivity index (χ4n) is 2.20. The van der Waals surface area contributed by atoms with Gasteiger partial charge in [-0.25, -0.2) is 0 Å². The van der Waals surface area contributed by atoms with Gasteiger partial charge in [-0.2, -0.15) is 0 Å². The zero-order valence-corrected chi connectivity index (χ0v) is 10.7. The molecule has 0 aliphatic carbocycles. The predicted octanol–water partition coefficient (Wildman–Crippen LogP) is 2.30. The largest absolute Gasteiger partial charge is 0.481 e. The van der Waals surface area contributed by atoms with Crippen LogP contribution < -0.4 is 5.73 Å². The summed E-state index contributed by atoms with van der Waals surface area (Å²) in [6, 6.07) is 9.40. The third-order valence-electron chi connectivity index (χ3n) is 2.94. The average molecular weight is 235 g/mol. The fourth-order valence-corrected chi connectivity index (χ4v) is 2.20. The highest BCUT2D eigenvalue weighted by Crippen LogP contribution is 2.29. The Hall–Kier alpha value is -1.35. The van der Waals surface area contributed by atoms with Crippen molar-refractivity contribution in [3.63, 3.8) is 0 Å². The Labute approximate surface area is 103 Å². The van der Waals surface area contributed by atoms with E-state index in [4.69, 9.17) is 5.73 Å². The number of hydrogen-bond donors (Lipinski definition) is 2. The fraction of sp³-hybridized carbons (Fsp3) is 0.500. The van der Waals surface area contributed by atoms with Gasteiger partial charge in [-0.3, -0.25) is 4.79 Å². The Morgan fingerprint density at radius 2 is 1.82 bits per heavy atom. The molecule has 0 aliphatic rings. The molecule has 3 nitrogen and oxygen atoms in total. The van der Waals surface area contributed by atoms with Gasteiger partial charge in [-0.1, -0.05) is 51.1 Å². The van der Waals surface area contributed by atoms with Crippen molar-refractivity contribution >= 4 is 5.97 Å². The molecule has 1 aromatic rings. The summed E-state index contributed by atoms with van der Waals surface area (Å²) in [5.74, 6) is -1.36. The van der Waals surface area contributed by atoms with Gasteiger partial charge >= 0.3 is 5.97 Å². The molecule has 1 unspecified atom stereocenters. The normalized spacial score (nSPS) is 15.3. The lowest BCUT2D eigenvalue weighted by atomic mass is 9.75. The van der Waals surface area contributed by atoms with Crippen molar-refractivity contribution in [2.45, 2.75) is 33.2 Å². The van der Waals surface area contributed by atoms with Crippen molar-refractivity contribution in [2.75, 3.05) is 0 Å². The molecule has 0 saturated carbocycles. The minimum Gasteiger partial charge on any atom is -0.481 e. The van der Waals surface area contributed by atoms with Crippen LogP contribution in [0.4, 0.5) is 0 Å². The molecule has 0 fully saturated rings. The van der Waals surface area contributed by atoms with Crippen molar-refractivity contribution in [3.8, 4) is 0 Å². The smallest absolute Gasteiger partial charge is 0.308 e. The van der Waals surface area contributed by atoms with E-state index in [1.165, 1.54) is 0 Å². The van der Waals surface area contributed by atoms with E-state index in [0.29, 0.717) is 6.42 Å². The van der Waals surface area contributed by atoms with Crippen LogP contribution in [0.3, 0.4) is 0 Å². The molecule has 0 aromatic heterocycles. The summed E-state index contributed by atoms with van der Waals surface area (Å²) < 4.78 is 0. The van der Waals surface area contributed by atoms with Crippen molar-refractivity contribution in [3.05, 3.63) is 35.9 Å². The minimum absolute atomic E-state index is 0.333. The van der Waals surface area contributed by atoms with E-state index in [1.807, 2.05) is 51.1 Å². The number of carboxylic acids is 1. The standard InChI is InChI=1S/C14H21NO2/c1-14(2,3)12(13(16)17)11(15)9-10-7-5-4-6-8-10/h4-8,11-12H,9,15H2,1-3H3,(H,16,17)/t11-,12?/m1/s1. The van der Waals surface area contributed by atoms with Crippen LogP contribution in [0.15, 0.2) is 30.3 Å². The van der Waals surface area contributed by atoms with Gasteiger partial charge in [0.25, 0.3) is 0 Å². The molecule has 0 spiro atoms. The number of aliphatic carboxylic acids is 1. The SMILES string of the molecule is CC(C)(C)C(C(=O)O)[C@H](N)Cc1ccccc1. The first-order valence-electron chi connectivity index (χ1n) is 5.84. The molecule has 3 N–H and O–H groups in total. The molecule has 0 radical (unpaired) electrons. The third-order valence-corrected chi connectivity index (χ3v) is 2.94. The summed E-state index contributed by atoms with van der Waals surface area (Å²) in [7, 11) is 0. The van der Waals surface area contributed by atoms with E-state index in [9.17, 15) is 9.90 Å². The van der Waals surface area contributed by atoms with Crippen LogP contribution in [-0.4, -0.2) is 17.1 Å². The third kappa shape index (κ3) is 3.86. The van der Waals surface area contributed by atoms with E-state index in [2.05, 4.69) is 0 Å². The lowest BCUT2D eigenvalue weighted by Crippen LogP contribution is -2.44. The molecule has 0 saturated heterocycles. The van der Waals surface area contributed by atoms with Crippen LogP contribution in [0.5, 0.6) is 0 Å². The van der Waals surface area contributed by atoms with Gasteiger partial charge in [-0.15, -0.1) is 0 Å². The first kappa shape index (κ1) is 13.7. The molecule has 17 heavy (non-hydrogen) atoms. The second-order valence-electron chi connectivity index (χ2n) is 5.54. The van der Waals surface area contributed by atoms with E-state index in [-0.39, 0.29) is 11.5 Å². The van der Waals surface area contributed by atoms with E-state index < -0.39 is 11.9 Å². The molecule has 0 bridgehead atoms. The lowest BCUT2D eigenvalue weighted by molar-refractivity contribution is -0.146. The molecule has 0 aliphatic heterocycles. The van der Waals surface area contributed by atoms with Crippen LogP contribution in [0.2, 0.25) is 0 Å². The highest BCUT2D eigenvalue weighted by atomic mass is 16.4. The van der Waals surface area contributed by atoms with Gasteiger partial charge in [0.2, 0.25) is 0 Å². The summed E-state index contributed by atoms with van der Waals surface area (Å²) >= 11 is 0. The van der Waals surface area contributed by atoms with Gasteiger partial charge in [0.15, 0.2) is 0 Å². The maximum Gasteiger partial charge on any atom is 0.308 e. The van der Waals surface area contributed by atoms with Crippen molar-refractivity contribution in [2.24, 2.45) is 17.1 Å². The number of hydrogen-bond acceptors (Lipinski definition) is 2. The van der Waals surface area contributed by atoms with Crippen LogP contribution in [-0.2, 0) is 11.2 Å². The van der Waals surface area contributed by atoms with Gasteiger partial charge in [-0.05, 0) is 17.4 Å². The number of carbonyl (C=O) groups is 1. The average Bonchev–Trinajstić information content (AvgIpc) is 2.15. The van der Waals surface area contributed by atoms with Crippen LogP contribution in [0.25, 0.3) is 0 Å². The van der Waals surface area contributed by atoms with E-state index in [0.717, 1.165) is 5.56 Å². The maximum absolute atomic E-state index is 11.3. The van der Waals surface area contributed by atoms with Gasteiger partial charge in [0.1, 0.15) is 0 Å². The summed E-state index contributed by atoms with van der Waals surface area (Å²) in [5.41, 5.74) is 6.80. The highest BCUT2D eigenvalue weighted by molar-refractivity contribution is 5.71. The van der Waals surface area contributed by atoms with Gasteiger partial charge in [0.05, 0.1) is 5.92 Å². The summed E-state index contributed by atoms with van der Waals surface area (Å²) in [4.78, 5) is 11.3. The summed E-state index contributed by atoms with van der Waals surface area (Å²) in [6.07, 6.45) is 0.592. The molecular weight excluding hydrogens is 214 g/mol. The molecule has 2 atom stereocenters. The maximum atomic E-state index is 11.3. The second kappa shape index (κ2) is 5.32. The van der Waals surface area contributed by atoms with Crippen molar-refractivity contribution < 1.29 is 9.90 Å². The number of rotatable bonds is 4. The zero-order chi connectivity index (χ0) is 13.1.